The largest absolute Gasteiger partial charge is 0.395 e. The Kier molecular flexibility index (Phi) is 2.31. The summed E-state index contributed by atoms with van der Waals surface area (Å²) in [6, 6.07) is 0.151. The highest BCUT2D eigenvalue weighted by atomic mass is 16.6. The lowest BCUT2D eigenvalue weighted by atomic mass is 9.65. The molecule has 0 aromatic carbocycles. The molecule has 0 radical (unpaired) electrons. The molecule has 0 spiro atoms. The summed E-state index contributed by atoms with van der Waals surface area (Å²) in [7, 11) is 1.65. The van der Waals surface area contributed by atoms with Crippen molar-refractivity contribution in [2.75, 3.05) is 13.7 Å². The molecule has 4 bridgehead atoms. The minimum absolute atomic E-state index is 0.151. The lowest BCUT2D eigenvalue weighted by molar-refractivity contribution is -0.0367. The van der Waals surface area contributed by atoms with Gasteiger partial charge in [-0.2, -0.15) is 5.48 Å². The second-order valence-corrected chi connectivity index (χ2v) is 5.89. The summed E-state index contributed by atoms with van der Waals surface area (Å²) in [4.78, 5) is 5.03. The number of hydrogen-bond donors (Lipinski definition) is 2. The summed E-state index contributed by atoms with van der Waals surface area (Å²) in [5, 5.41) is 9.48. The quantitative estimate of drug-likeness (QED) is 0.689. The van der Waals surface area contributed by atoms with E-state index in [9.17, 15) is 5.11 Å². The van der Waals surface area contributed by atoms with Gasteiger partial charge in [0.05, 0.1) is 19.8 Å². The number of rotatable bonds is 4. The van der Waals surface area contributed by atoms with E-state index in [-0.39, 0.29) is 12.6 Å². The molecule has 15 heavy (non-hydrogen) atoms. The van der Waals surface area contributed by atoms with Crippen molar-refractivity contribution in [2.24, 2.45) is 23.2 Å². The SMILES string of the molecule is CON[C@@H](CO)C12CC3CC(C1)C(C3)C2. The minimum atomic E-state index is 0.151. The Bertz CT molecular complexity index is 236. The zero-order valence-electron chi connectivity index (χ0n) is 9.41. The van der Waals surface area contributed by atoms with E-state index in [0.717, 1.165) is 17.8 Å². The lowest BCUT2D eigenvalue weighted by Gasteiger charge is -2.43. The fourth-order valence-electron chi connectivity index (χ4n) is 4.80. The summed E-state index contributed by atoms with van der Waals surface area (Å²) in [5.41, 5.74) is 3.36. The van der Waals surface area contributed by atoms with Crippen molar-refractivity contribution in [3.05, 3.63) is 0 Å². The summed E-state index contributed by atoms with van der Waals surface area (Å²) < 4.78 is 0. The van der Waals surface area contributed by atoms with Crippen LogP contribution >= 0.6 is 0 Å². The van der Waals surface area contributed by atoms with E-state index < -0.39 is 0 Å². The van der Waals surface area contributed by atoms with Crippen molar-refractivity contribution < 1.29 is 9.94 Å². The monoisotopic (exact) mass is 211 g/mol. The van der Waals surface area contributed by atoms with Crippen LogP contribution < -0.4 is 5.48 Å². The van der Waals surface area contributed by atoms with Crippen LogP contribution in [-0.2, 0) is 4.84 Å². The third kappa shape index (κ3) is 1.37. The first-order chi connectivity index (χ1) is 7.27. The number of nitrogens with one attached hydrogen (secondary N) is 1. The predicted octanol–water partition coefficient (Wildman–Crippen LogP) is 1.32. The van der Waals surface area contributed by atoms with Crippen LogP contribution in [-0.4, -0.2) is 24.9 Å². The highest BCUT2D eigenvalue weighted by Gasteiger charge is 2.58. The number of hydroxylamine groups is 1. The topological polar surface area (TPSA) is 41.5 Å². The van der Waals surface area contributed by atoms with Crippen LogP contribution in [0.3, 0.4) is 0 Å². The Morgan fingerprint density at radius 1 is 1.33 bits per heavy atom. The van der Waals surface area contributed by atoms with Crippen molar-refractivity contribution >= 4 is 0 Å². The van der Waals surface area contributed by atoms with Gasteiger partial charge in [0.15, 0.2) is 0 Å². The first-order valence-electron chi connectivity index (χ1n) is 6.17. The predicted molar refractivity (Wildman–Crippen MR) is 57.0 cm³/mol. The Morgan fingerprint density at radius 3 is 2.47 bits per heavy atom. The van der Waals surface area contributed by atoms with Crippen LogP contribution in [0.4, 0.5) is 0 Å². The second kappa shape index (κ2) is 3.44. The number of hydrogen-bond acceptors (Lipinski definition) is 3. The van der Waals surface area contributed by atoms with Gasteiger partial charge in [0.25, 0.3) is 0 Å². The average molecular weight is 211 g/mol. The molecule has 2 N–H and O–H groups in total. The highest BCUT2D eigenvalue weighted by Crippen LogP contribution is 2.65. The highest BCUT2D eigenvalue weighted by molar-refractivity contribution is 5.09. The van der Waals surface area contributed by atoms with Crippen LogP contribution in [0.2, 0.25) is 0 Å². The van der Waals surface area contributed by atoms with Crippen LogP contribution in [0.1, 0.15) is 32.1 Å². The molecule has 3 nitrogen and oxygen atoms in total. The molecular weight excluding hydrogens is 190 g/mol. The average Bonchev–Trinajstić information content (AvgIpc) is 2.63. The summed E-state index contributed by atoms with van der Waals surface area (Å²) in [6.45, 7) is 0.208. The Labute approximate surface area is 91.1 Å². The van der Waals surface area contributed by atoms with Gasteiger partial charge in [-0.1, -0.05) is 0 Å². The maximum Gasteiger partial charge on any atom is 0.0613 e. The van der Waals surface area contributed by atoms with Crippen molar-refractivity contribution in [3.8, 4) is 0 Å². The van der Waals surface area contributed by atoms with Crippen molar-refractivity contribution in [3.63, 3.8) is 0 Å². The van der Waals surface area contributed by atoms with Gasteiger partial charge in [-0.25, -0.2) is 0 Å². The van der Waals surface area contributed by atoms with E-state index in [0.29, 0.717) is 5.41 Å². The van der Waals surface area contributed by atoms with E-state index in [1.807, 2.05) is 0 Å². The standard InChI is InChI=1S/C12H21NO2/c1-15-13-11(7-14)12-4-8-2-9(5-12)10(3-8)6-12/h8-11,13-14H,2-7H2,1H3/t8?,9?,10?,11-,12?/m0/s1. The van der Waals surface area contributed by atoms with Crippen molar-refractivity contribution in [1.82, 2.24) is 5.48 Å². The molecule has 0 amide bonds. The molecular formula is C12H21NO2. The van der Waals surface area contributed by atoms with E-state index in [4.69, 9.17) is 4.84 Å². The zero-order chi connectivity index (χ0) is 10.5. The molecule has 4 fully saturated rings. The molecule has 0 aromatic heterocycles. The maximum atomic E-state index is 9.48. The van der Waals surface area contributed by atoms with Crippen LogP contribution in [0.25, 0.3) is 0 Å². The van der Waals surface area contributed by atoms with Crippen LogP contribution in [0.5, 0.6) is 0 Å². The van der Waals surface area contributed by atoms with Gasteiger partial charge < -0.3 is 9.94 Å². The fraction of sp³-hybridized carbons (Fsp3) is 1.00. The number of aliphatic hydroxyl groups is 1. The van der Waals surface area contributed by atoms with E-state index >= 15 is 0 Å². The normalized spacial score (nSPS) is 48.8. The second-order valence-electron chi connectivity index (χ2n) is 5.89. The molecule has 4 saturated carbocycles. The third-order valence-electron chi connectivity index (χ3n) is 5.15. The summed E-state index contributed by atoms with van der Waals surface area (Å²) in [6.07, 6.45) is 6.85. The lowest BCUT2D eigenvalue weighted by Crippen LogP contribution is -2.49. The van der Waals surface area contributed by atoms with Gasteiger partial charge in [-0.05, 0) is 55.3 Å². The van der Waals surface area contributed by atoms with E-state index in [1.165, 1.54) is 32.1 Å². The van der Waals surface area contributed by atoms with E-state index in [2.05, 4.69) is 5.48 Å². The Morgan fingerprint density at radius 2 is 2.00 bits per heavy atom. The van der Waals surface area contributed by atoms with Crippen LogP contribution in [0, 0.1) is 23.2 Å². The first-order valence-corrected chi connectivity index (χ1v) is 6.17. The molecule has 3 atom stereocenters. The van der Waals surface area contributed by atoms with Crippen molar-refractivity contribution in [2.45, 2.75) is 38.1 Å². The van der Waals surface area contributed by atoms with Gasteiger partial charge in [-0.3, -0.25) is 0 Å². The zero-order valence-corrected chi connectivity index (χ0v) is 9.41. The molecule has 3 heteroatoms. The molecule has 86 valence electrons. The Hall–Kier alpha value is -0.120. The fourth-order valence-corrected chi connectivity index (χ4v) is 4.80. The van der Waals surface area contributed by atoms with Gasteiger partial charge in [0, 0.05) is 0 Å². The summed E-state index contributed by atoms with van der Waals surface area (Å²) in [5.74, 6) is 2.85. The maximum absolute atomic E-state index is 9.48. The van der Waals surface area contributed by atoms with Gasteiger partial charge in [-0.15, -0.1) is 0 Å². The third-order valence-corrected chi connectivity index (χ3v) is 5.15. The molecule has 2 unspecified atom stereocenters. The van der Waals surface area contributed by atoms with E-state index in [1.54, 1.807) is 7.11 Å². The molecule has 4 rings (SSSR count). The van der Waals surface area contributed by atoms with Crippen LogP contribution in [0.15, 0.2) is 0 Å². The first kappa shape index (κ1) is 10.1. The molecule has 4 aliphatic rings. The minimum Gasteiger partial charge on any atom is -0.395 e. The molecule has 0 aromatic rings. The smallest absolute Gasteiger partial charge is 0.0613 e. The van der Waals surface area contributed by atoms with Gasteiger partial charge >= 0.3 is 0 Å². The van der Waals surface area contributed by atoms with Gasteiger partial charge in [0.1, 0.15) is 0 Å². The Balaban J connectivity index is 1.80. The molecule has 0 heterocycles. The molecule has 4 aliphatic carbocycles. The van der Waals surface area contributed by atoms with Gasteiger partial charge in [0.2, 0.25) is 0 Å². The summed E-state index contributed by atoms with van der Waals surface area (Å²) >= 11 is 0. The number of aliphatic hydroxyl groups excluding tert-OH is 1. The molecule has 0 aliphatic heterocycles. The molecule has 0 saturated heterocycles. The van der Waals surface area contributed by atoms with Crippen molar-refractivity contribution in [1.29, 1.82) is 0 Å².